The van der Waals surface area contributed by atoms with Crippen LogP contribution in [0, 0.1) is 29.1 Å². The van der Waals surface area contributed by atoms with Gasteiger partial charge in [-0.2, -0.15) is 0 Å². The van der Waals surface area contributed by atoms with Crippen molar-refractivity contribution in [2.45, 2.75) is 38.8 Å². The van der Waals surface area contributed by atoms with Crippen LogP contribution in [0.3, 0.4) is 0 Å². The molecule has 1 aromatic heterocycles. The van der Waals surface area contributed by atoms with Crippen molar-refractivity contribution in [2.24, 2.45) is 0 Å². The minimum absolute atomic E-state index is 0.0695. The number of hydrogen-bond donors (Lipinski definition) is 0. The molecule has 0 spiro atoms. The van der Waals surface area contributed by atoms with Gasteiger partial charge < -0.3 is 0 Å². The Morgan fingerprint density at radius 1 is 1.04 bits per heavy atom. The van der Waals surface area contributed by atoms with Crippen LogP contribution >= 0.6 is 11.3 Å². The summed E-state index contributed by atoms with van der Waals surface area (Å²) in [5.74, 6) is -9.36. The molecule has 0 fully saturated rings. The maximum absolute atomic E-state index is 14.0. The molecule has 0 amide bonds. The van der Waals surface area contributed by atoms with Crippen molar-refractivity contribution in [3.8, 4) is 0 Å². The summed E-state index contributed by atoms with van der Waals surface area (Å²) in [5.41, 5.74) is 0.336. The van der Waals surface area contributed by atoms with Crippen molar-refractivity contribution in [3.05, 3.63) is 56.5 Å². The molecule has 2 aromatic rings. The van der Waals surface area contributed by atoms with Gasteiger partial charge in [0.1, 0.15) is 0 Å². The second-order valence-corrected chi connectivity index (χ2v) is 6.87. The quantitative estimate of drug-likeness (QED) is 0.403. The Labute approximate surface area is 140 Å². The van der Waals surface area contributed by atoms with Gasteiger partial charge in [0.15, 0.2) is 23.3 Å². The number of benzene rings is 1. The fourth-order valence-corrected chi connectivity index (χ4v) is 4.17. The van der Waals surface area contributed by atoms with E-state index >= 15 is 0 Å². The Hall–Kier alpha value is -1.47. The first-order valence-corrected chi connectivity index (χ1v) is 8.64. The van der Waals surface area contributed by atoms with Gasteiger partial charge in [0.05, 0.1) is 0 Å². The third-order valence-electron chi connectivity index (χ3n) is 4.43. The van der Waals surface area contributed by atoms with Crippen molar-refractivity contribution in [1.29, 1.82) is 0 Å². The Morgan fingerprint density at radius 2 is 1.67 bits per heavy atom. The van der Waals surface area contributed by atoms with E-state index in [4.69, 9.17) is 0 Å². The summed E-state index contributed by atoms with van der Waals surface area (Å²) in [4.78, 5) is 3.03. The second kappa shape index (κ2) is 6.80. The number of thiophene rings is 1. The highest BCUT2D eigenvalue weighted by molar-refractivity contribution is 7.10. The summed E-state index contributed by atoms with van der Waals surface area (Å²) in [6, 6.07) is 1.91. The fraction of sp³-hybridized carbons (Fsp3) is 0.412. The summed E-state index contributed by atoms with van der Waals surface area (Å²) in [7, 11) is 0. The van der Waals surface area contributed by atoms with Crippen molar-refractivity contribution >= 4 is 11.3 Å². The zero-order valence-electron chi connectivity index (χ0n) is 13.0. The third-order valence-corrected chi connectivity index (χ3v) is 5.43. The molecule has 2 heterocycles. The molecule has 1 aliphatic rings. The van der Waals surface area contributed by atoms with Crippen molar-refractivity contribution < 1.29 is 22.0 Å². The van der Waals surface area contributed by atoms with Crippen LogP contribution < -0.4 is 0 Å². The van der Waals surface area contributed by atoms with E-state index in [-0.39, 0.29) is 12.6 Å². The molecule has 0 N–H and O–H groups in total. The molecule has 1 unspecified atom stereocenters. The van der Waals surface area contributed by atoms with Gasteiger partial charge in [-0.25, -0.2) is 22.0 Å². The summed E-state index contributed by atoms with van der Waals surface area (Å²) in [6.45, 7) is 2.22. The molecule has 130 valence electrons. The smallest absolute Gasteiger partial charge is 0.200 e. The third kappa shape index (κ3) is 2.84. The van der Waals surface area contributed by atoms with Crippen LogP contribution in [0.25, 0.3) is 0 Å². The van der Waals surface area contributed by atoms with E-state index < -0.39 is 34.6 Å². The number of hydrogen-bond acceptors (Lipinski definition) is 2. The zero-order chi connectivity index (χ0) is 17.4. The van der Waals surface area contributed by atoms with Gasteiger partial charge in [-0.15, -0.1) is 11.3 Å². The van der Waals surface area contributed by atoms with E-state index in [2.05, 4.69) is 0 Å². The Balaban J connectivity index is 1.97. The topological polar surface area (TPSA) is 3.24 Å². The standard InChI is InChI=1S/C17H16F5NS/c1-2-3-11-9-5-7-24-12(9)4-6-23(11)8-10-13(18)15(20)17(22)16(21)14(10)19/h5,7,11H,2-4,6,8H2,1H3. The highest BCUT2D eigenvalue weighted by Gasteiger charge is 2.32. The molecule has 3 rings (SSSR count). The molecule has 24 heavy (non-hydrogen) atoms. The molecule has 1 aromatic carbocycles. The molecule has 0 radical (unpaired) electrons. The second-order valence-electron chi connectivity index (χ2n) is 5.87. The van der Waals surface area contributed by atoms with E-state index in [9.17, 15) is 22.0 Å². The van der Waals surface area contributed by atoms with Crippen LogP contribution in [0.5, 0.6) is 0 Å². The Morgan fingerprint density at radius 3 is 2.29 bits per heavy atom. The summed E-state index contributed by atoms with van der Waals surface area (Å²) < 4.78 is 67.9. The molecular weight excluding hydrogens is 345 g/mol. The summed E-state index contributed by atoms with van der Waals surface area (Å²) in [5, 5.41) is 1.97. The number of halogens is 5. The lowest BCUT2D eigenvalue weighted by molar-refractivity contribution is 0.161. The minimum Gasteiger partial charge on any atom is -0.291 e. The highest BCUT2D eigenvalue weighted by atomic mass is 32.1. The van der Waals surface area contributed by atoms with E-state index in [0.717, 1.165) is 18.4 Å². The molecule has 7 heteroatoms. The van der Waals surface area contributed by atoms with Crippen LogP contribution in [-0.4, -0.2) is 11.4 Å². The van der Waals surface area contributed by atoms with Crippen LogP contribution in [0.4, 0.5) is 22.0 Å². The highest BCUT2D eigenvalue weighted by Crippen LogP contribution is 2.37. The van der Waals surface area contributed by atoms with Gasteiger partial charge in [-0.3, -0.25) is 4.90 Å². The van der Waals surface area contributed by atoms with E-state index in [0.29, 0.717) is 13.0 Å². The number of rotatable bonds is 4. The first kappa shape index (κ1) is 17.4. The van der Waals surface area contributed by atoms with Crippen molar-refractivity contribution in [3.63, 3.8) is 0 Å². The molecule has 0 saturated carbocycles. The van der Waals surface area contributed by atoms with Crippen LogP contribution in [-0.2, 0) is 13.0 Å². The van der Waals surface area contributed by atoms with Gasteiger partial charge in [0.25, 0.3) is 0 Å². The molecule has 0 saturated heterocycles. The van der Waals surface area contributed by atoms with Gasteiger partial charge in [0.2, 0.25) is 5.82 Å². The molecule has 0 bridgehead atoms. The first-order chi connectivity index (χ1) is 11.5. The lowest BCUT2D eigenvalue weighted by Crippen LogP contribution is -2.35. The average molecular weight is 361 g/mol. The van der Waals surface area contributed by atoms with E-state index in [1.165, 1.54) is 4.88 Å². The molecule has 1 aliphatic heterocycles. The fourth-order valence-electron chi connectivity index (χ4n) is 3.24. The average Bonchev–Trinajstić information content (AvgIpc) is 3.06. The molecular formula is C17H16F5NS. The Kier molecular flexibility index (Phi) is 4.92. The molecule has 1 atom stereocenters. The van der Waals surface area contributed by atoms with E-state index in [1.807, 2.05) is 18.4 Å². The van der Waals surface area contributed by atoms with Crippen LogP contribution in [0.2, 0.25) is 0 Å². The van der Waals surface area contributed by atoms with Gasteiger partial charge in [-0.1, -0.05) is 13.3 Å². The zero-order valence-corrected chi connectivity index (χ0v) is 13.8. The normalized spacial score (nSPS) is 18.0. The lowest BCUT2D eigenvalue weighted by atomic mass is 9.95. The van der Waals surface area contributed by atoms with Gasteiger partial charge >= 0.3 is 0 Å². The first-order valence-electron chi connectivity index (χ1n) is 7.76. The van der Waals surface area contributed by atoms with Crippen LogP contribution in [0.15, 0.2) is 11.4 Å². The maximum atomic E-state index is 14.0. The van der Waals surface area contributed by atoms with Gasteiger partial charge in [-0.05, 0) is 29.9 Å². The largest absolute Gasteiger partial charge is 0.291 e. The molecule has 1 nitrogen and oxygen atoms in total. The van der Waals surface area contributed by atoms with Crippen LogP contribution in [0.1, 0.15) is 41.8 Å². The minimum atomic E-state index is -2.11. The Bertz CT molecular complexity index is 729. The monoisotopic (exact) mass is 361 g/mol. The summed E-state index contributed by atoms with van der Waals surface area (Å²) in [6.07, 6.45) is 2.33. The lowest BCUT2D eigenvalue weighted by Gasteiger charge is -2.36. The SMILES string of the molecule is CCCC1c2ccsc2CCN1Cc1c(F)c(F)c(F)c(F)c1F. The number of nitrogens with zero attached hydrogens (tertiary/aromatic N) is 1. The van der Waals surface area contributed by atoms with Crippen molar-refractivity contribution in [1.82, 2.24) is 4.90 Å². The van der Waals surface area contributed by atoms with Crippen molar-refractivity contribution in [2.75, 3.05) is 6.54 Å². The predicted octanol–water partition coefficient (Wildman–Crippen LogP) is 5.34. The van der Waals surface area contributed by atoms with Gasteiger partial charge in [0, 0.05) is 29.6 Å². The summed E-state index contributed by atoms with van der Waals surface area (Å²) >= 11 is 1.63. The number of fused-ring (bicyclic) bond motifs is 1. The van der Waals surface area contributed by atoms with E-state index in [1.54, 1.807) is 16.2 Å². The molecule has 0 aliphatic carbocycles. The maximum Gasteiger partial charge on any atom is 0.200 e. The predicted molar refractivity (Wildman–Crippen MR) is 82.3 cm³/mol.